The molecule has 0 aliphatic rings. The van der Waals surface area contributed by atoms with E-state index in [-0.39, 0.29) is 5.56 Å². The zero-order valence-corrected chi connectivity index (χ0v) is 9.51. The fraction of sp³-hybridized carbons (Fsp3) is 0.300. The van der Waals surface area contributed by atoms with Gasteiger partial charge in [0, 0.05) is 5.56 Å². The summed E-state index contributed by atoms with van der Waals surface area (Å²) in [6.07, 6.45) is -0.556. The third-order valence-corrected chi connectivity index (χ3v) is 3.59. The van der Waals surface area contributed by atoms with Crippen LogP contribution in [0.1, 0.15) is 12.0 Å². The first kappa shape index (κ1) is 13.6. The Balaban J connectivity index is 2.83. The second kappa shape index (κ2) is 5.22. The van der Waals surface area contributed by atoms with Gasteiger partial charge in [-0.05, 0) is 18.2 Å². The molecular formula is C10H10F2O4S. The maximum Gasteiger partial charge on any atom is 0.304 e. The molecule has 0 bridgehead atoms. The predicted octanol–water partition coefficient (Wildman–Crippen LogP) is 1.35. The van der Waals surface area contributed by atoms with Crippen LogP contribution in [0.2, 0.25) is 0 Å². The van der Waals surface area contributed by atoms with Crippen molar-refractivity contribution in [2.24, 2.45) is 0 Å². The van der Waals surface area contributed by atoms with Crippen LogP contribution in [0, 0.1) is 11.6 Å². The summed E-state index contributed by atoms with van der Waals surface area (Å²) < 4.78 is 48.8. The Morgan fingerprint density at radius 3 is 2.53 bits per heavy atom. The normalized spacial score (nSPS) is 11.4. The van der Waals surface area contributed by atoms with E-state index in [9.17, 15) is 22.0 Å². The molecule has 1 aromatic rings. The zero-order valence-electron chi connectivity index (χ0n) is 8.69. The van der Waals surface area contributed by atoms with Crippen LogP contribution in [0.25, 0.3) is 0 Å². The second-order valence-electron chi connectivity index (χ2n) is 3.47. The first-order valence-electron chi connectivity index (χ1n) is 4.66. The van der Waals surface area contributed by atoms with E-state index < -0.39 is 45.4 Å². The molecular weight excluding hydrogens is 254 g/mol. The van der Waals surface area contributed by atoms with Crippen molar-refractivity contribution in [3.63, 3.8) is 0 Å². The highest BCUT2D eigenvalue weighted by atomic mass is 32.2. The van der Waals surface area contributed by atoms with Crippen molar-refractivity contribution in [1.82, 2.24) is 0 Å². The summed E-state index contributed by atoms with van der Waals surface area (Å²) in [4.78, 5) is 10.2. The Morgan fingerprint density at radius 1 is 1.29 bits per heavy atom. The van der Waals surface area contributed by atoms with E-state index in [2.05, 4.69) is 0 Å². The summed E-state index contributed by atoms with van der Waals surface area (Å²) in [6.45, 7) is 0. The number of benzene rings is 1. The van der Waals surface area contributed by atoms with Crippen LogP contribution in [-0.4, -0.2) is 25.2 Å². The number of aliphatic carboxylic acids is 1. The molecule has 1 aromatic carbocycles. The molecule has 0 saturated heterocycles. The van der Waals surface area contributed by atoms with Crippen LogP contribution in [0.15, 0.2) is 18.2 Å². The average molecular weight is 264 g/mol. The van der Waals surface area contributed by atoms with E-state index in [1.807, 2.05) is 0 Å². The number of carbonyl (C=O) groups is 1. The average Bonchev–Trinajstić information content (AvgIpc) is 2.20. The van der Waals surface area contributed by atoms with Gasteiger partial charge in [0.05, 0.1) is 17.9 Å². The zero-order chi connectivity index (χ0) is 13.1. The predicted molar refractivity (Wildman–Crippen MR) is 56.1 cm³/mol. The van der Waals surface area contributed by atoms with Gasteiger partial charge >= 0.3 is 5.97 Å². The monoisotopic (exact) mass is 264 g/mol. The van der Waals surface area contributed by atoms with Gasteiger partial charge in [0.25, 0.3) is 0 Å². The van der Waals surface area contributed by atoms with Gasteiger partial charge in [-0.25, -0.2) is 17.2 Å². The van der Waals surface area contributed by atoms with Crippen molar-refractivity contribution in [1.29, 1.82) is 0 Å². The van der Waals surface area contributed by atoms with Crippen molar-refractivity contribution in [3.8, 4) is 0 Å². The minimum Gasteiger partial charge on any atom is -0.481 e. The lowest BCUT2D eigenvalue weighted by Gasteiger charge is -2.04. The molecule has 0 fully saturated rings. The van der Waals surface area contributed by atoms with Crippen LogP contribution in [0.3, 0.4) is 0 Å². The lowest BCUT2D eigenvalue weighted by atomic mass is 10.2. The van der Waals surface area contributed by atoms with Crippen LogP contribution in [0.5, 0.6) is 0 Å². The van der Waals surface area contributed by atoms with E-state index in [1.54, 1.807) is 0 Å². The number of rotatable bonds is 5. The molecule has 94 valence electrons. The number of halogens is 2. The molecule has 7 heteroatoms. The Morgan fingerprint density at radius 2 is 1.94 bits per heavy atom. The Hall–Kier alpha value is -1.50. The van der Waals surface area contributed by atoms with E-state index in [0.29, 0.717) is 0 Å². The first-order valence-corrected chi connectivity index (χ1v) is 6.48. The summed E-state index contributed by atoms with van der Waals surface area (Å²) in [5, 5.41) is 8.34. The Kier molecular flexibility index (Phi) is 4.17. The van der Waals surface area contributed by atoms with Gasteiger partial charge in [-0.3, -0.25) is 4.79 Å². The molecule has 17 heavy (non-hydrogen) atoms. The van der Waals surface area contributed by atoms with Crippen molar-refractivity contribution in [3.05, 3.63) is 35.4 Å². The minimum atomic E-state index is -3.76. The molecule has 0 aliphatic carbocycles. The number of sulfone groups is 1. The van der Waals surface area contributed by atoms with Gasteiger partial charge in [0.1, 0.15) is 11.6 Å². The molecule has 0 spiro atoms. The summed E-state index contributed by atoms with van der Waals surface area (Å²) in [6, 6.07) is 2.49. The lowest BCUT2D eigenvalue weighted by molar-refractivity contribution is -0.136. The molecule has 0 amide bonds. The van der Waals surface area contributed by atoms with Gasteiger partial charge in [0.15, 0.2) is 9.84 Å². The number of carboxylic acid groups (broad SMARTS) is 1. The molecule has 0 saturated carbocycles. The Labute approximate surface area is 96.8 Å². The number of hydrogen-bond donors (Lipinski definition) is 1. The summed E-state index contributed by atoms with van der Waals surface area (Å²) in [5.41, 5.74) is -0.296. The van der Waals surface area contributed by atoms with Crippen LogP contribution < -0.4 is 0 Å². The third kappa shape index (κ3) is 4.48. The maximum atomic E-state index is 13.2. The standard InChI is InChI=1S/C10H10F2O4S/c11-8-1-2-9(12)7(5-8)6-17(15,16)4-3-10(13)14/h1-2,5H,3-4,6H2,(H,13,14). The fourth-order valence-electron chi connectivity index (χ4n) is 1.21. The smallest absolute Gasteiger partial charge is 0.304 e. The SMILES string of the molecule is O=C(O)CCS(=O)(=O)Cc1cc(F)ccc1F. The third-order valence-electron chi connectivity index (χ3n) is 2.01. The molecule has 0 heterocycles. The van der Waals surface area contributed by atoms with E-state index in [4.69, 9.17) is 5.11 Å². The molecule has 1 N–H and O–H groups in total. The van der Waals surface area contributed by atoms with E-state index in [1.165, 1.54) is 0 Å². The van der Waals surface area contributed by atoms with E-state index >= 15 is 0 Å². The van der Waals surface area contributed by atoms with Crippen LogP contribution in [0.4, 0.5) is 8.78 Å². The van der Waals surface area contributed by atoms with Crippen molar-refractivity contribution in [2.45, 2.75) is 12.2 Å². The topological polar surface area (TPSA) is 71.4 Å². The van der Waals surface area contributed by atoms with Gasteiger partial charge < -0.3 is 5.11 Å². The highest BCUT2D eigenvalue weighted by Gasteiger charge is 2.17. The van der Waals surface area contributed by atoms with E-state index in [0.717, 1.165) is 18.2 Å². The highest BCUT2D eigenvalue weighted by molar-refractivity contribution is 7.90. The quantitative estimate of drug-likeness (QED) is 0.871. The fourth-order valence-corrected chi connectivity index (χ4v) is 2.53. The lowest BCUT2D eigenvalue weighted by Crippen LogP contribution is -2.13. The Bertz CT molecular complexity index is 525. The minimum absolute atomic E-state index is 0.296. The summed E-state index contributed by atoms with van der Waals surface area (Å²) >= 11 is 0. The molecule has 0 aliphatic heterocycles. The number of hydrogen-bond acceptors (Lipinski definition) is 3. The van der Waals surface area contributed by atoms with Crippen LogP contribution in [-0.2, 0) is 20.4 Å². The van der Waals surface area contributed by atoms with Gasteiger partial charge in [-0.2, -0.15) is 0 Å². The molecule has 0 unspecified atom stereocenters. The summed E-state index contributed by atoms with van der Waals surface area (Å²) in [7, 11) is -3.76. The number of carboxylic acids is 1. The molecule has 4 nitrogen and oxygen atoms in total. The maximum absolute atomic E-state index is 13.2. The van der Waals surface area contributed by atoms with Gasteiger partial charge in [-0.1, -0.05) is 0 Å². The molecule has 0 radical (unpaired) electrons. The molecule has 1 rings (SSSR count). The van der Waals surface area contributed by atoms with Crippen molar-refractivity contribution in [2.75, 3.05) is 5.75 Å². The molecule has 0 atom stereocenters. The van der Waals surface area contributed by atoms with Crippen LogP contribution >= 0.6 is 0 Å². The molecule has 0 aromatic heterocycles. The largest absolute Gasteiger partial charge is 0.481 e. The van der Waals surface area contributed by atoms with Gasteiger partial charge in [0.2, 0.25) is 0 Å². The van der Waals surface area contributed by atoms with Crippen molar-refractivity contribution < 1.29 is 27.1 Å². The summed E-state index contributed by atoms with van der Waals surface area (Å²) in [5.74, 6) is -4.13. The van der Waals surface area contributed by atoms with Gasteiger partial charge in [-0.15, -0.1) is 0 Å². The second-order valence-corrected chi connectivity index (χ2v) is 5.66. The first-order chi connectivity index (χ1) is 7.80. The highest BCUT2D eigenvalue weighted by Crippen LogP contribution is 2.14. The van der Waals surface area contributed by atoms with Crippen molar-refractivity contribution >= 4 is 15.8 Å².